The van der Waals surface area contributed by atoms with Crippen LogP contribution < -0.4 is 9.64 Å². The van der Waals surface area contributed by atoms with Crippen LogP contribution in [0.2, 0.25) is 0 Å². The lowest BCUT2D eigenvalue weighted by atomic mass is 10.2. The summed E-state index contributed by atoms with van der Waals surface area (Å²) in [5.74, 6) is -0.189. The third kappa shape index (κ3) is 4.10. The van der Waals surface area contributed by atoms with Crippen molar-refractivity contribution in [2.75, 3.05) is 19.1 Å². The van der Waals surface area contributed by atoms with E-state index in [0.29, 0.717) is 11.3 Å². The van der Waals surface area contributed by atoms with Crippen molar-refractivity contribution in [2.24, 2.45) is 0 Å². The molecule has 0 bridgehead atoms. The van der Waals surface area contributed by atoms with E-state index in [2.05, 4.69) is 4.74 Å². The maximum Gasteiger partial charge on any atom is 0.337 e. The molecule has 5 heteroatoms. The van der Waals surface area contributed by atoms with Crippen molar-refractivity contribution >= 4 is 17.6 Å². The van der Waals surface area contributed by atoms with Gasteiger partial charge in [0.1, 0.15) is 5.75 Å². The number of benzene rings is 2. The monoisotopic (exact) mass is 313 g/mol. The minimum atomic E-state index is -0.687. The van der Waals surface area contributed by atoms with Gasteiger partial charge in [-0.05, 0) is 37.3 Å². The van der Waals surface area contributed by atoms with Crippen LogP contribution in [0.3, 0.4) is 0 Å². The average Bonchev–Trinajstić information content (AvgIpc) is 2.60. The standard InChI is InChI=1S/C18H19NO4/c1-13(17(20)19(2)15-9-5-4-6-10-15)23-16-11-7-8-14(12-16)18(21)22-3/h4-13H,1-3H3/t13-/m1/s1. The molecular weight excluding hydrogens is 294 g/mol. The number of rotatable bonds is 5. The van der Waals surface area contributed by atoms with Crippen LogP contribution in [0.25, 0.3) is 0 Å². The molecule has 1 amide bonds. The second-order valence-electron chi connectivity index (χ2n) is 5.01. The Kier molecular flexibility index (Phi) is 5.36. The summed E-state index contributed by atoms with van der Waals surface area (Å²) in [5.41, 5.74) is 1.16. The normalized spacial score (nSPS) is 11.4. The van der Waals surface area contributed by atoms with E-state index >= 15 is 0 Å². The van der Waals surface area contributed by atoms with Crippen molar-refractivity contribution in [3.8, 4) is 5.75 Å². The first kappa shape index (κ1) is 16.5. The highest BCUT2D eigenvalue weighted by Crippen LogP contribution is 2.18. The SMILES string of the molecule is COC(=O)c1cccc(O[C@H](C)C(=O)N(C)c2ccccc2)c1. The third-order valence-corrected chi connectivity index (χ3v) is 3.39. The molecule has 0 heterocycles. The van der Waals surface area contributed by atoms with Crippen molar-refractivity contribution in [2.45, 2.75) is 13.0 Å². The van der Waals surface area contributed by atoms with Gasteiger partial charge in [-0.2, -0.15) is 0 Å². The third-order valence-electron chi connectivity index (χ3n) is 3.39. The molecule has 120 valence electrons. The van der Waals surface area contributed by atoms with Crippen LogP contribution >= 0.6 is 0 Å². The Hall–Kier alpha value is -2.82. The van der Waals surface area contributed by atoms with Crippen molar-refractivity contribution in [3.05, 3.63) is 60.2 Å². The molecule has 2 aromatic carbocycles. The number of esters is 1. The summed E-state index contributed by atoms with van der Waals surface area (Å²) in [4.78, 5) is 25.5. The molecular formula is C18H19NO4. The summed E-state index contributed by atoms with van der Waals surface area (Å²) in [6.45, 7) is 1.67. The van der Waals surface area contributed by atoms with Gasteiger partial charge in [-0.15, -0.1) is 0 Å². The molecule has 0 spiro atoms. The number of para-hydroxylation sites is 1. The predicted octanol–water partition coefficient (Wildman–Crippen LogP) is 2.90. The number of nitrogens with zero attached hydrogens (tertiary/aromatic N) is 1. The van der Waals surface area contributed by atoms with Crippen LogP contribution in [0.1, 0.15) is 17.3 Å². The Morgan fingerprint density at radius 3 is 2.39 bits per heavy atom. The Bertz CT molecular complexity index is 684. The molecule has 2 rings (SSSR count). The first-order valence-corrected chi connectivity index (χ1v) is 7.20. The summed E-state index contributed by atoms with van der Waals surface area (Å²) in [5, 5.41) is 0. The molecule has 23 heavy (non-hydrogen) atoms. The molecule has 0 aliphatic rings. The molecule has 0 aliphatic carbocycles. The van der Waals surface area contributed by atoms with Gasteiger partial charge in [0, 0.05) is 12.7 Å². The van der Waals surface area contributed by atoms with Crippen LogP contribution in [-0.4, -0.2) is 32.1 Å². The summed E-state index contributed by atoms with van der Waals surface area (Å²) in [7, 11) is 3.01. The predicted molar refractivity (Wildman–Crippen MR) is 87.7 cm³/mol. The van der Waals surface area contributed by atoms with E-state index in [9.17, 15) is 9.59 Å². The van der Waals surface area contributed by atoms with Gasteiger partial charge in [0.15, 0.2) is 6.10 Å². The highest BCUT2D eigenvalue weighted by atomic mass is 16.5. The summed E-state index contributed by atoms with van der Waals surface area (Å²) in [6, 6.07) is 15.9. The van der Waals surface area contributed by atoms with Crippen molar-refractivity contribution in [1.29, 1.82) is 0 Å². The molecule has 0 aromatic heterocycles. The first-order valence-electron chi connectivity index (χ1n) is 7.20. The highest BCUT2D eigenvalue weighted by Gasteiger charge is 2.20. The molecule has 5 nitrogen and oxygen atoms in total. The maximum absolute atomic E-state index is 12.4. The molecule has 0 radical (unpaired) electrons. The van der Waals surface area contributed by atoms with Gasteiger partial charge < -0.3 is 14.4 Å². The number of amides is 1. The summed E-state index contributed by atoms with van der Waals surface area (Å²) >= 11 is 0. The Labute approximate surface area is 135 Å². The lowest BCUT2D eigenvalue weighted by molar-refractivity contribution is -0.124. The highest BCUT2D eigenvalue weighted by molar-refractivity contribution is 5.96. The van der Waals surface area contributed by atoms with Gasteiger partial charge >= 0.3 is 5.97 Å². The van der Waals surface area contributed by atoms with E-state index in [1.807, 2.05) is 30.3 Å². The number of carbonyl (C=O) groups is 2. The average molecular weight is 313 g/mol. The van der Waals surface area contributed by atoms with Gasteiger partial charge in [-0.3, -0.25) is 4.79 Å². The molecule has 0 fully saturated rings. The smallest absolute Gasteiger partial charge is 0.337 e. The quantitative estimate of drug-likeness (QED) is 0.797. The second-order valence-corrected chi connectivity index (χ2v) is 5.01. The number of anilines is 1. The Morgan fingerprint density at radius 1 is 1.04 bits per heavy atom. The van der Waals surface area contributed by atoms with Crippen LogP contribution in [0.15, 0.2) is 54.6 Å². The van der Waals surface area contributed by atoms with Gasteiger partial charge in [-0.25, -0.2) is 4.79 Å². The fraction of sp³-hybridized carbons (Fsp3) is 0.222. The zero-order valence-corrected chi connectivity index (χ0v) is 13.4. The van der Waals surface area contributed by atoms with Crippen LogP contribution in [0.4, 0.5) is 5.69 Å². The lowest BCUT2D eigenvalue weighted by Gasteiger charge is -2.22. The second kappa shape index (κ2) is 7.45. The molecule has 0 aliphatic heterocycles. The zero-order chi connectivity index (χ0) is 16.8. The van der Waals surface area contributed by atoms with Crippen LogP contribution in [-0.2, 0) is 9.53 Å². The minimum Gasteiger partial charge on any atom is -0.481 e. The molecule has 0 N–H and O–H groups in total. The first-order chi connectivity index (χ1) is 11.0. The number of carbonyl (C=O) groups excluding carboxylic acids is 2. The van der Waals surface area contributed by atoms with Crippen molar-refractivity contribution < 1.29 is 19.1 Å². The zero-order valence-electron chi connectivity index (χ0n) is 13.4. The number of methoxy groups -OCH3 is 1. The van der Waals surface area contributed by atoms with Gasteiger partial charge in [-0.1, -0.05) is 24.3 Å². The molecule has 1 atom stereocenters. The van der Waals surface area contributed by atoms with Crippen LogP contribution in [0, 0.1) is 0 Å². The van der Waals surface area contributed by atoms with Crippen molar-refractivity contribution in [3.63, 3.8) is 0 Å². The largest absolute Gasteiger partial charge is 0.481 e. The fourth-order valence-corrected chi connectivity index (χ4v) is 2.12. The van der Waals surface area contributed by atoms with Gasteiger partial charge in [0.2, 0.25) is 0 Å². The minimum absolute atomic E-state index is 0.181. The lowest BCUT2D eigenvalue weighted by Crippen LogP contribution is -2.38. The van der Waals surface area contributed by atoms with E-state index in [-0.39, 0.29) is 5.91 Å². The molecule has 2 aromatic rings. The Morgan fingerprint density at radius 2 is 1.74 bits per heavy atom. The van der Waals surface area contributed by atoms with Crippen LogP contribution in [0.5, 0.6) is 5.75 Å². The van der Waals surface area contributed by atoms with Gasteiger partial charge in [0.05, 0.1) is 12.7 Å². The van der Waals surface area contributed by atoms with Crippen molar-refractivity contribution in [1.82, 2.24) is 0 Å². The number of hydrogen-bond donors (Lipinski definition) is 0. The molecule has 0 saturated heterocycles. The molecule has 0 unspecified atom stereocenters. The van der Waals surface area contributed by atoms with E-state index in [0.717, 1.165) is 5.69 Å². The van der Waals surface area contributed by atoms with E-state index in [4.69, 9.17) is 4.74 Å². The number of likely N-dealkylation sites (N-methyl/N-ethyl adjacent to an activating group) is 1. The maximum atomic E-state index is 12.4. The Balaban J connectivity index is 2.08. The van der Waals surface area contributed by atoms with E-state index in [1.165, 1.54) is 12.0 Å². The molecule has 0 saturated carbocycles. The van der Waals surface area contributed by atoms with E-state index < -0.39 is 12.1 Å². The fourth-order valence-electron chi connectivity index (χ4n) is 2.12. The van der Waals surface area contributed by atoms with Gasteiger partial charge in [0.25, 0.3) is 5.91 Å². The summed E-state index contributed by atoms with van der Waals surface area (Å²) < 4.78 is 10.3. The van der Waals surface area contributed by atoms with E-state index in [1.54, 1.807) is 38.2 Å². The topological polar surface area (TPSA) is 55.8 Å². The number of ether oxygens (including phenoxy) is 2. The summed E-state index contributed by atoms with van der Waals surface area (Å²) in [6.07, 6.45) is -0.687. The number of hydrogen-bond acceptors (Lipinski definition) is 4.